The summed E-state index contributed by atoms with van der Waals surface area (Å²) in [5.74, 6) is 0.570. The van der Waals surface area contributed by atoms with Crippen LogP contribution in [0.15, 0.2) is 63.0 Å². The normalized spacial score (nSPS) is 11.3. The monoisotopic (exact) mass is 364 g/mol. The minimum Gasteiger partial charge on any atom is -0.497 e. The second kappa shape index (κ2) is 7.86. The number of benzene rings is 2. The van der Waals surface area contributed by atoms with Crippen molar-refractivity contribution in [2.24, 2.45) is 5.10 Å². The van der Waals surface area contributed by atoms with Crippen LogP contribution in [-0.2, 0) is 0 Å². The minimum absolute atomic E-state index is 0.193. The number of fused-ring (bicyclic) bond motifs is 1. The molecule has 3 aromatic rings. The van der Waals surface area contributed by atoms with Crippen molar-refractivity contribution in [2.75, 3.05) is 7.11 Å². The molecule has 1 N–H and O–H groups in total. The molecular weight excluding hydrogens is 344 g/mol. The third-order valence-electron chi connectivity index (χ3n) is 4.21. The van der Waals surface area contributed by atoms with Crippen LogP contribution in [0.25, 0.3) is 11.0 Å². The summed E-state index contributed by atoms with van der Waals surface area (Å²) in [6.07, 6.45) is 2.62. The molecule has 0 saturated carbocycles. The zero-order valence-corrected chi connectivity index (χ0v) is 15.4. The molecule has 3 rings (SSSR count). The molecule has 0 unspecified atom stereocenters. The zero-order valence-electron chi connectivity index (χ0n) is 15.4. The number of ether oxygens (including phenoxy) is 1. The summed E-state index contributed by atoms with van der Waals surface area (Å²) in [5, 5.41) is 4.36. The topological polar surface area (TPSA) is 80.9 Å². The van der Waals surface area contributed by atoms with Crippen LogP contribution < -0.4 is 15.6 Å². The Morgan fingerprint density at radius 1 is 1.19 bits per heavy atom. The van der Waals surface area contributed by atoms with Crippen molar-refractivity contribution in [1.29, 1.82) is 0 Å². The number of amides is 1. The van der Waals surface area contributed by atoms with Gasteiger partial charge in [0.25, 0.3) is 5.91 Å². The fraction of sp³-hybridized carbons (Fsp3) is 0.190. The first-order chi connectivity index (χ1) is 13.0. The predicted octanol–water partition coefficient (Wildman–Crippen LogP) is 3.69. The van der Waals surface area contributed by atoms with E-state index in [1.165, 1.54) is 12.5 Å². The summed E-state index contributed by atoms with van der Waals surface area (Å²) in [6, 6.07) is 12.2. The maximum Gasteiger partial charge on any atom is 0.271 e. The standard InChI is InChI=1S/C21H20N2O4/c1-13(2)15-6-9-19-18(10-15)20(24)16(12-27-19)11-22-23-21(25)14-4-7-17(26-3)8-5-14/h4-13H,1-3H3,(H,23,25)/b22-11+. The molecule has 0 saturated heterocycles. The van der Waals surface area contributed by atoms with Crippen LogP contribution in [0.1, 0.15) is 41.3 Å². The largest absolute Gasteiger partial charge is 0.497 e. The number of carbonyl (C=O) groups is 1. The number of hydrazone groups is 1. The van der Waals surface area contributed by atoms with Crippen LogP contribution in [0.2, 0.25) is 0 Å². The quantitative estimate of drug-likeness (QED) is 0.553. The Morgan fingerprint density at radius 2 is 1.93 bits per heavy atom. The Hall–Kier alpha value is -3.41. The Kier molecular flexibility index (Phi) is 5.35. The fourth-order valence-corrected chi connectivity index (χ4v) is 2.58. The second-order valence-electron chi connectivity index (χ2n) is 6.36. The number of nitrogens with zero attached hydrogens (tertiary/aromatic N) is 1. The molecule has 0 fully saturated rings. The van der Waals surface area contributed by atoms with Gasteiger partial charge in [-0.2, -0.15) is 5.10 Å². The Bertz CT molecular complexity index is 1050. The highest BCUT2D eigenvalue weighted by atomic mass is 16.5. The van der Waals surface area contributed by atoms with Crippen molar-refractivity contribution in [3.05, 3.63) is 75.6 Å². The SMILES string of the molecule is COc1ccc(C(=O)N/N=C/c2coc3ccc(C(C)C)cc3c2=O)cc1. The van der Waals surface area contributed by atoms with E-state index in [-0.39, 0.29) is 16.9 Å². The molecule has 2 aromatic carbocycles. The van der Waals surface area contributed by atoms with Crippen LogP contribution in [0.4, 0.5) is 0 Å². The first kappa shape index (κ1) is 18.4. The lowest BCUT2D eigenvalue weighted by Gasteiger charge is -2.06. The molecule has 1 amide bonds. The molecule has 0 aliphatic heterocycles. The fourth-order valence-electron chi connectivity index (χ4n) is 2.58. The number of methoxy groups -OCH3 is 1. The first-order valence-electron chi connectivity index (χ1n) is 8.52. The van der Waals surface area contributed by atoms with E-state index in [1.54, 1.807) is 37.4 Å². The highest BCUT2D eigenvalue weighted by molar-refractivity contribution is 5.95. The molecule has 27 heavy (non-hydrogen) atoms. The van der Waals surface area contributed by atoms with Crippen molar-refractivity contribution in [3.63, 3.8) is 0 Å². The van der Waals surface area contributed by atoms with E-state index in [0.29, 0.717) is 28.2 Å². The number of hydrogen-bond donors (Lipinski definition) is 1. The third kappa shape index (κ3) is 4.06. The first-order valence-corrected chi connectivity index (χ1v) is 8.52. The second-order valence-corrected chi connectivity index (χ2v) is 6.36. The van der Waals surface area contributed by atoms with E-state index in [0.717, 1.165) is 5.56 Å². The van der Waals surface area contributed by atoms with Gasteiger partial charge in [-0.15, -0.1) is 0 Å². The van der Waals surface area contributed by atoms with E-state index < -0.39 is 0 Å². The number of hydrogen-bond acceptors (Lipinski definition) is 5. The van der Waals surface area contributed by atoms with Gasteiger partial charge in [-0.25, -0.2) is 5.43 Å². The van der Waals surface area contributed by atoms with Crippen molar-refractivity contribution in [1.82, 2.24) is 5.43 Å². The maximum absolute atomic E-state index is 12.6. The van der Waals surface area contributed by atoms with E-state index in [4.69, 9.17) is 9.15 Å². The van der Waals surface area contributed by atoms with E-state index in [2.05, 4.69) is 24.4 Å². The maximum atomic E-state index is 12.6. The molecular formula is C21H20N2O4. The lowest BCUT2D eigenvalue weighted by atomic mass is 10.0. The molecule has 0 spiro atoms. The van der Waals surface area contributed by atoms with Gasteiger partial charge in [0, 0.05) is 5.56 Å². The summed E-state index contributed by atoms with van der Waals surface area (Å²) in [7, 11) is 1.55. The number of rotatable bonds is 5. The molecule has 1 heterocycles. The van der Waals surface area contributed by atoms with Gasteiger partial charge in [0.1, 0.15) is 17.6 Å². The van der Waals surface area contributed by atoms with E-state index in [9.17, 15) is 9.59 Å². The molecule has 0 bridgehead atoms. The summed E-state index contributed by atoms with van der Waals surface area (Å²) in [5.41, 5.74) is 4.47. The van der Waals surface area contributed by atoms with Gasteiger partial charge in [0.05, 0.1) is 24.3 Å². The smallest absolute Gasteiger partial charge is 0.271 e. The van der Waals surface area contributed by atoms with Crippen molar-refractivity contribution >= 4 is 23.1 Å². The van der Waals surface area contributed by atoms with Crippen LogP contribution >= 0.6 is 0 Å². The van der Waals surface area contributed by atoms with Crippen molar-refractivity contribution in [3.8, 4) is 5.75 Å². The van der Waals surface area contributed by atoms with Crippen molar-refractivity contribution in [2.45, 2.75) is 19.8 Å². The molecule has 0 atom stereocenters. The minimum atomic E-state index is -0.388. The third-order valence-corrected chi connectivity index (χ3v) is 4.21. The predicted molar refractivity (Wildman–Crippen MR) is 105 cm³/mol. The highest BCUT2D eigenvalue weighted by Gasteiger charge is 2.09. The number of nitrogens with one attached hydrogen (secondary N) is 1. The lowest BCUT2D eigenvalue weighted by Crippen LogP contribution is -2.18. The summed E-state index contributed by atoms with van der Waals surface area (Å²) >= 11 is 0. The molecule has 6 nitrogen and oxygen atoms in total. The molecule has 6 heteroatoms. The molecule has 1 aromatic heterocycles. The Morgan fingerprint density at radius 3 is 2.59 bits per heavy atom. The summed E-state index contributed by atoms with van der Waals surface area (Å²) < 4.78 is 10.6. The van der Waals surface area contributed by atoms with Gasteiger partial charge in [-0.3, -0.25) is 9.59 Å². The lowest BCUT2D eigenvalue weighted by molar-refractivity contribution is 0.0955. The van der Waals surface area contributed by atoms with Crippen LogP contribution in [0.3, 0.4) is 0 Å². The average Bonchev–Trinajstić information content (AvgIpc) is 2.69. The molecule has 0 radical (unpaired) electrons. The highest BCUT2D eigenvalue weighted by Crippen LogP contribution is 2.19. The number of carbonyl (C=O) groups excluding carboxylic acids is 1. The van der Waals surface area contributed by atoms with Crippen LogP contribution in [0.5, 0.6) is 5.75 Å². The molecule has 0 aliphatic rings. The van der Waals surface area contributed by atoms with Gasteiger partial charge in [0.15, 0.2) is 0 Å². The van der Waals surface area contributed by atoms with Crippen molar-refractivity contribution < 1.29 is 13.9 Å². The van der Waals surface area contributed by atoms with E-state index in [1.807, 2.05) is 12.1 Å². The van der Waals surface area contributed by atoms with Crippen LogP contribution in [0, 0.1) is 0 Å². The average molecular weight is 364 g/mol. The van der Waals surface area contributed by atoms with Gasteiger partial charge in [-0.05, 0) is 47.9 Å². The molecule has 138 valence electrons. The Balaban J connectivity index is 1.79. The molecule has 0 aliphatic carbocycles. The van der Waals surface area contributed by atoms with Crippen LogP contribution in [-0.4, -0.2) is 19.2 Å². The van der Waals surface area contributed by atoms with Gasteiger partial charge in [-0.1, -0.05) is 19.9 Å². The van der Waals surface area contributed by atoms with Gasteiger partial charge >= 0.3 is 0 Å². The van der Waals surface area contributed by atoms with Gasteiger partial charge in [0.2, 0.25) is 5.43 Å². The zero-order chi connectivity index (χ0) is 19.4. The van der Waals surface area contributed by atoms with E-state index >= 15 is 0 Å². The van der Waals surface area contributed by atoms with Gasteiger partial charge < -0.3 is 9.15 Å². The summed E-state index contributed by atoms with van der Waals surface area (Å²) in [6.45, 7) is 4.12. The summed E-state index contributed by atoms with van der Waals surface area (Å²) in [4.78, 5) is 24.7. The Labute approximate surface area is 156 Å².